The maximum Gasteiger partial charge on any atom is 0.254 e. The fourth-order valence-electron chi connectivity index (χ4n) is 7.35. The minimum absolute atomic E-state index is 0.0512. The molecule has 2 amide bonds. The van der Waals surface area contributed by atoms with Crippen LogP contribution in [0.15, 0.2) is 59.4 Å². The summed E-state index contributed by atoms with van der Waals surface area (Å²) >= 11 is 0. The molecule has 7 heteroatoms. The van der Waals surface area contributed by atoms with Crippen molar-refractivity contribution < 1.29 is 23.1 Å². The van der Waals surface area contributed by atoms with Crippen molar-refractivity contribution in [3.8, 4) is 0 Å². The summed E-state index contributed by atoms with van der Waals surface area (Å²) in [4.78, 5) is 26.7. The molecule has 1 heterocycles. The van der Waals surface area contributed by atoms with E-state index in [1.54, 1.807) is 25.2 Å². The molecule has 2 aromatic rings. The number of carbonyl (C=O) groups excluding carboxylic acids is 2. The summed E-state index contributed by atoms with van der Waals surface area (Å²) in [6.45, 7) is 5.92. The number of hydrogen-bond donors (Lipinski definition) is 2. The van der Waals surface area contributed by atoms with Gasteiger partial charge in [-0.1, -0.05) is 13.3 Å². The highest BCUT2D eigenvalue weighted by atomic mass is 19.1. The second kappa shape index (κ2) is 9.97. The van der Waals surface area contributed by atoms with Crippen LogP contribution >= 0.6 is 0 Å². The Morgan fingerprint density at radius 3 is 2.46 bits per heavy atom. The molecule has 41 heavy (non-hydrogen) atoms. The van der Waals surface area contributed by atoms with Crippen LogP contribution in [-0.2, 0) is 9.53 Å². The van der Waals surface area contributed by atoms with Gasteiger partial charge in [0.15, 0.2) is 0 Å². The van der Waals surface area contributed by atoms with Gasteiger partial charge in [-0.3, -0.25) is 9.59 Å². The third-order valence-corrected chi connectivity index (χ3v) is 9.49. The Balaban J connectivity index is 1.43. The van der Waals surface area contributed by atoms with E-state index in [1.807, 2.05) is 19.9 Å². The molecule has 1 unspecified atom stereocenters. The van der Waals surface area contributed by atoms with Crippen LogP contribution in [0.5, 0.6) is 0 Å². The van der Waals surface area contributed by atoms with E-state index in [-0.39, 0.29) is 28.7 Å². The lowest BCUT2D eigenvalue weighted by molar-refractivity contribution is -0.117. The zero-order valence-electron chi connectivity index (χ0n) is 24.0. The monoisotopic (exact) mass is 558 g/mol. The van der Waals surface area contributed by atoms with E-state index in [2.05, 4.69) is 17.6 Å². The zero-order chi connectivity index (χ0) is 29.1. The van der Waals surface area contributed by atoms with E-state index in [0.29, 0.717) is 35.0 Å². The minimum Gasteiger partial charge on any atom is -0.460 e. The number of hydrogen-bond acceptors (Lipinski definition) is 3. The highest BCUT2D eigenvalue weighted by Gasteiger charge is 2.52. The lowest BCUT2D eigenvalue weighted by Crippen LogP contribution is -2.51. The van der Waals surface area contributed by atoms with Gasteiger partial charge in [0, 0.05) is 18.2 Å². The number of aryl methyl sites for hydroxylation is 1. The van der Waals surface area contributed by atoms with Crippen molar-refractivity contribution in [3.63, 3.8) is 0 Å². The largest absolute Gasteiger partial charge is 0.460 e. The lowest BCUT2D eigenvalue weighted by Gasteiger charge is -2.39. The van der Waals surface area contributed by atoms with Crippen molar-refractivity contribution in [2.45, 2.75) is 71.3 Å². The summed E-state index contributed by atoms with van der Waals surface area (Å²) < 4.78 is 35.4. The van der Waals surface area contributed by atoms with Crippen LogP contribution in [0.2, 0.25) is 0 Å². The van der Waals surface area contributed by atoms with Crippen LogP contribution in [0.1, 0.15) is 85.8 Å². The standard InChI is InChI=1S/C34H36F2N2O3/c1-5-6-22-14-28-33(3,29(32(40)37-4)30(41-28)21-7-9-23(35)10-8-21)18-26(22)24-15-25(27(36)13-19(24)2)31(39)38-34-12-11-20(16-34)17-34/h7-10,13-15,20H,5-6,11-12,16-18H2,1-4H3,(H,37,40)(H,38,39). The number of benzene rings is 2. The van der Waals surface area contributed by atoms with Gasteiger partial charge >= 0.3 is 0 Å². The van der Waals surface area contributed by atoms with Crippen molar-refractivity contribution in [3.05, 3.63) is 93.3 Å². The molecule has 0 spiro atoms. The SMILES string of the molecule is CCCC1=C(c2cc(C(=O)NC34CCC(C3)C4)c(F)cc2C)CC2(C)C(=C1)OC(c1ccc(F)cc1)=C2C(=O)NC. The number of likely N-dealkylation sites (N-methyl/N-ethyl adjacent to an activating group) is 1. The predicted octanol–water partition coefficient (Wildman–Crippen LogP) is 6.98. The molecular formula is C34H36F2N2O3. The quantitative estimate of drug-likeness (QED) is 0.385. The average molecular weight is 559 g/mol. The van der Waals surface area contributed by atoms with E-state index in [4.69, 9.17) is 4.74 Å². The summed E-state index contributed by atoms with van der Waals surface area (Å²) in [5.74, 6) is 0.185. The topological polar surface area (TPSA) is 67.4 Å². The zero-order valence-corrected chi connectivity index (χ0v) is 24.0. The molecule has 3 fully saturated rings. The van der Waals surface area contributed by atoms with Gasteiger partial charge in [-0.15, -0.1) is 0 Å². The Hall–Kier alpha value is -3.74. The maximum atomic E-state index is 15.3. The Kier molecular flexibility index (Phi) is 6.67. The van der Waals surface area contributed by atoms with Gasteiger partial charge in [0.2, 0.25) is 0 Å². The van der Waals surface area contributed by atoms with Gasteiger partial charge in [-0.05, 0) is 123 Å². The first-order valence-corrected chi connectivity index (χ1v) is 14.6. The van der Waals surface area contributed by atoms with Gasteiger partial charge < -0.3 is 15.4 Å². The highest BCUT2D eigenvalue weighted by molar-refractivity contribution is 6.04. The molecule has 2 bridgehead atoms. The van der Waals surface area contributed by atoms with Crippen LogP contribution < -0.4 is 10.6 Å². The summed E-state index contributed by atoms with van der Waals surface area (Å²) in [6, 6.07) is 9.05. The van der Waals surface area contributed by atoms with E-state index < -0.39 is 11.2 Å². The van der Waals surface area contributed by atoms with Crippen molar-refractivity contribution in [2.24, 2.45) is 11.3 Å². The Morgan fingerprint density at radius 1 is 1.10 bits per heavy atom. The number of carbonyl (C=O) groups is 2. The molecule has 2 N–H and O–H groups in total. The smallest absolute Gasteiger partial charge is 0.254 e. The molecule has 214 valence electrons. The molecule has 5 aliphatic rings. The first-order valence-electron chi connectivity index (χ1n) is 14.6. The number of allylic oxidation sites excluding steroid dienone is 4. The van der Waals surface area contributed by atoms with Gasteiger partial charge in [0.05, 0.1) is 16.6 Å². The molecule has 5 nitrogen and oxygen atoms in total. The lowest BCUT2D eigenvalue weighted by atomic mass is 9.69. The van der Waals surface area contributed by atoms with Crippen LogP contribution in [0, 0.1) is 29.9 Å². The van der Waals surface area contributed by atoms with E-state index >= 15 is 4.39 Å². The van der Waals surface area contributed by atoms with Crippen molar-refractivity contribution in [2.75, 3.05) is 7.05 Å². The molecule has 1 atom stereocenters. The number of fused-ring (bicyclic) bond motifs is 2. The normalized spacial score (nSPS) is 26.3. The highest BCUT2D eigenvalue weighted by Crippen LogP contribution is 2.57. The van der Waals surface area contributed by atoms with Crippen molar-refractivity contribution in [1.29, 1.82) is 0 Å². The molecule has 0 aromatic heterocycles. The van der Waals surface area contributed by atoms with E-state index in [9.17, 15) is 14.0 Å². The van der Waals surface area contributed by atoms with Crippen LogP contribution in [0.3, 0.4) is 0 Å². The van der Waals surface area contributed by atoms with Crippen molar-refractivity contribution in [1.82, 2.24) is 10.6 Å². The van der Waals surface area contributed by atoms with Gasteiger partial charge in [-0.2, -0.15) is 0 Å². The van der Waals surface area contributed by atoms with E-state index in [1.165, 1.54) is 18.2 Å². The molecule has 1 aliphatic heterocycles. The fraction of sp³-hybridized carbons (Fsp3) is 0.412. The van der Waals surface area contributed by atoms with Gasteiger partial charge in [0.25, 0.3) is 11.8 Å². The second-order valence-electron chi connectivity index (χ2n) is 12.4. The molecule has 4 aliphatic carbocycles. The number of rotatable bonds is 7. The Morgan fingerprint density at radius 2 is 1.83 bits per heavy atom. The third-order valence-electron chi connectivity index (χ3n) is 9.49. The Bertz CT molecular complexity index is 1540. The Labute approximate surface area is 239 Å². The van der Waals surface area contributed by atoms with E-state index in [0.717, 1.165) is 60.8 Å². The third kappa shape index (κ3) is 4.50. The number of ether oxygens (including phenoxy) is 1. The molecule has 7 rings (SSSR count). The summed E-state index contributed by atoms with van der Waals surface area (Å²) in [6.07, 6.45) is 8.07. The van der Waals surface area contributed by atoms with Crippen molar-refractivity contribution >= 4 is 23.1 Å². The first kappa shape index (κ1) is 27.4. The minimum atomic E-state index is -0.816. The van der Waals surface area contributed by atoms with Crippen LogP contribution in [0.4, 0.5) is 8.78 Å². The number of halogens is 2. The fourth-order valence-corrected chi connectivity index (χ4v) is 7.35. The first-order chi connectivity index (χ1) is 19.6. The summed E-state index contributed by atoms with van der Waals surface area (Å²) in [5.41, 5.74) is 3.66. The predicted molar refractivity (Wildman–Crippen MR) is 154 cm³/mol. The molecular weight excluding hydrogens is 522 g/mol. The second-order valence-corrected chi connectivity index (χ2v) is 12.4. The van der Waals surface area contributed by atoms with Crippen LogP contribution in [0.25, 0.3) is 11.3 Å². The number of nitrogens with one attached hydrogen (secondary N) is 2. The van der Waals surface area contributed by atoms with Gasteiger partial charge in [-0.25, -0.2) is 8.78 Å². The summed E-state index contributed by atoms with van der Waals surface area (Å²) in [7, 11) is 1.58. The molecule has 3 saturated carbocycles. The molecule has 0 radical (unpaired) electrons. The van der Waals surface area contributed by atoms with Gasteiger partial charge in [0.1, 0.15) is 23.2 Å². The molecule has 2 aromatic carbocycles. The average Bonchev–Trinajstić information content (AvgIpc) is 3.59. The summed E-state index contributed by atoms with van der Waals surface area (Å²) in [5, 5.41) is 5.91. The molecule has 0 saturated heterocycles. The maximum absolute atomic E-state index is 15.3. The number of amides is 2. The van der Waals surface area contributed by atoms with Crippen LogP contribution in [-0.4, -0.2) is 24.4 Å².